The summed E-state index contributed by atoms with van der Waals surface area (Å²) < 4.78 is 5.53. The average molecular weight is 300 g/mol. The van der Waals surface area contributed by atoms with Crippen LogP contribution in [-0.4, -0.2) is 52.3 Å². The highest BCUT2D eigenvalue weighted by atomic mass is 16.5. The number of nitrogens with zero attached hydrogens (tertiary/aromatic N) is 5. The van der Waals surface area contributed by atoms with E-state index in [0.29, 0.717) is 6.04 Å². The van der Waals surface area contributed by atoms with E-state index < -0.39 is 0 Å². The van der Waals surface area contributed by atoms with Crippen molar-refractivity contribution in [2.45, 2.75) is 25.5 Å². The number of rotatable bonds is 5. The van der Waals surface area contributed by atoms with Crippen LogP contribution in [0.2, 0.25) is 0 Å². The van der Waals surface area contributed by atoms with Crippen LogP contribution in [0.3, 0.4) is 0 Å². The van der Waals surface area contributed by atoms with Gasteiger partial charge in [0.15, 0.2) is 0 Å². The Hall–Kier alpha value is -2.28. The quantitative estimate of drug-likeness (QED) is 0.891. The van der Waals surface area contributed by atoms with Crippen molar-refractivity contribution >= 4 is 11.6 Å². The highest BCUT2D eigenvalue weighted by Crippen LogP contribution is 2.25. The van der Waals surface area contributed by atoms with E-state index in [9.17, 15) is 0 Å². The molecule has 0 aromatic carbocycles. The Kier molecular flexibility index (Phi) is 4.43. The average Bonchev–Trinajstić information content (AvgIpc) is 2.98. The molecule has 1 aliphatic heterocycles. The lowest BCUT2D eigenvalue weighted by Crippen LogP contribution is -2.35. The van der Waals surface area contributed by atoms with Crippen molar-refractivity contribution in [1.82, 2.24) is 19.9 Å². The summed E-state index contributed by atoms with van der Waals surface area (Å²) in [5.41, 5.74) is 0.900. The third kappa shape index (κ3) is 3.14. The minimum Gasteiger partial charge on any atom is -0.380 e. The number of ether oxygens (including phenoxy) is 1. The first-order valence-electron chi connectivity index (χ1n) is 7.35. The molecule has 3 heterocycles. The summed E-state index contributed by atoms with van der Waals surface area (Å²) in [5, 5.41) is 3.39. The molecule has 3 rings (SSSR count). The van der Waals surface area contributed by atoms with Crippen molar-refractivity contribution in [3.05, 3.63) is 36.7 Å². The molecule has 1 aliphatic rings. The van der Waals surface area contributed by atoms with E-state index in [0.717, 1.165) is 36.8 Å². The van der Waals surface area contributed by atoms with E-state index in [-0.39, 0.29) is 6.10 Å². The van der Waals surface area contributed by atoms with Crippen molar-refractivity contribution in [1.29, 1.82) is 0 Å². The largest absolute Gasteiger partial charge is 0.380 e. The van der Waals surface area contributed by atoms with Gasteiger partial charge in [0.25, 0.3) is 0 Å². The van der Waals surface area contributed by atoms with Crippen LogP contribution in [0.25, 0.3) is 0 Å². The third-order valence-electron chi connectivity index (χ3n) is 3.96. The Labute approximate surface area is 129 Å². The van der Waals surface area contributed by atoms with E-state index in [2.05, 4.69) is 30.2 Å². The second-order valence-corrected chi connectivity index (χ2v) is 5.34. The van der Waals surface area contributed by atoms with Gasteiger partial charge < -0.3 is 15.0 Å². The van der Waals surface area contributed by atoms with Gasteiger partial charge in [-0.15, -0.1) is 0 Å². The first kappa shape index (κ1) is 14.6. The molecule has 1 N–H and O–H groups in total. The Morgan fingerprint density at radius 2 is 2.14 bits per heavy atom. The van der Waals surface area contributed by atoms with E-state index in [4.69, 9.17) is 4.74 Å². The minimum absolute atomic E-state index is 0.213. The molecular formula is C15H20N6O. The summed E-state index contributed by atoms with van der Waals surface area (Å²) in [4.78, 5) is 19.2. The highest BCUT2D eigenvalue weighted by Gasteiger charge is 2.32. The second kappa shape index (κ2) is 6.65. The first-order valence-corrected chi connectivity index (χ1v) is 7.35. The fraction of sp³-hybridized carbons (Fsp3) is 0.467. The predicted octanol–water partition coefficient (Wildman–Crippen LogP) is 1.28. The first-order chi connectivity index (χ1) is 10.8. The maximum absolute atomic E-state index is 5.53. The molecule has 1 fully saturated rings. The summed E-state index contributed by atoms with van der Waals surface area (Å²) in [6.07, 6.45) is 7.90. The Bertz CT molecular complexity index is 608. The lowest BCUT2D eigenvalue weighted by Gasteiger charge is -2.25. The number of hydrogen-bond donors (Lipinski definition) is 1. The molecule has 2 aromatic rings. The zero-order chi connectivity index (χ0) is 15.4. The van der Waals surface area contributed by atoms with E-state index >= 15 is 0 Å². The second-order valence-electron chi connectivity index (χ2n) is 5.34. The number of anilines is 2. The molecule has 7 heteroatoms. The standard InChI is InChI=1S/C15H20N6O/c1-11-15(18-6-5-17-11)19-8-12-7-13(22-2)9-21(12)14-3-4-16-10-20-14/h3-6,10,12-13H,7-9H2,1-2H3,(H,18,19)/t12-,13-/m1/s1. The molecule has 0 bridgehead atoms. The van der Waals surface area contributed by atoms with Crippen molar-refractivity contribution in [3.8, 4) is 0 Å². The number of hydrogen-bond acceptors (Lipinski definition) is 7. The molecule has 0 spiro atoms. The maximum atomic E-state index is 5.53. The van der Waals surface area contributed by atoms with Gasteiger partial charge in [0.1, 0.15) is 18.0 Å². The molecule has 2 aromatic heterocycles. The van der Waals surface area contributed by atoms with Crippen molar-refractivity contribution < 1.29 is 4.74 Å². The van der Waals surface area contributed by atoms with Crippen LogP contribution in [0.1, 0.15) is 12.1 Å². The molecule has 7 nitrogen and oxygen atoms in total. The van der Waals surface area contributed by atoms with E-state index in [1.54, 1.807) is 32.0 Å². The Morgan fingerprint density at radius 3 is 2.86 bits per heavy atom. The van der Waals surface area contributed by atoms with Crippen molar-refractivity contribution in [2.75, 3.05) is 30.4 Å². The SMILES string of the molecule is CO[C@@H]1C[C@H](CNc2nccnc2C)N(c2ccncn2)C1. The highest BCUT2D eigenvalue weighted by molar-refractivity contribution is 5.43. The van der Waals surface area contributed by atoms with Crippen LogP contribution < -0.4 is 10.2 Å². The van der Waals surface area contributed by atoms with Gasteiger partial charge in [0.05, 0.1) is 17.8 Å². The van der Waals surface area contributed by atoms with Crippen molar-refractivity contribution in [2.24, 2.45) is 0 Å². The van der Waals surface area contributed by atoms with E-state index in [1.165, 1.54) is 0 Å². The molecular weight excluding hydrogens is 280 g/mol. The molecule has 0 unspecified atom stereocenters. The minimum atomic E-state index is 0.213. The Morgan fingerprint density at radius 1 is 1.27 bits per heavy atom. The van der Waals surface area contributed by atoms with Crippen LogP contribution in [0.5, 0.6) is 0 Å². The number of nitrogens with one attached hydrogen (secondary N) is 1. The summed E-state index contributed by atoms with van der Waals surface area (Å²) in [6, 6.07) is 2.22. The molecule has 2 atom stereocenters. The summed E-state index contributed by atoms with van der Waals surface area (Å²) in [7, 11) is 1.76. The van der Waals surface area contributed by atoms with Gasteiger partial charge in [0.2, 0.25) is 0 Å². The van der Waals surface area contributed by atoms with Gasteiger partial charge in [-0.25, -0.2) is 15.0 Å². The van der Waals surface area contributed by atoms with Crippen LogP contribution in [0, 0.1) is 6.92 Å². The number of aromatic nitrogens is 4. The molecule has 0 radical (unpaired) electrons. The van der Waals surface area contributed by atoms with Gasteiger partial charge in [-0.2, -0.15) is 0 Å². The van der Waals surface area contributed by atoms with Gasteiger partial charge in [0, 0.05) is 38.8 Å². The van der Waals surface area contributed by atoms with Crippen LogP contribution in [-0.2, 0) is 4.74 Å². The normalized spacial score (nSPS) is 21.1. The molecule has 22 heavy (non-hydrogen) atoms. The summed E-state index contributed by atoms with van der Waals surface area (Å²) in [6.45, 7) is 3.55. The third-order valence-corrected chi connectivity index (χ3v) is 3.96. The molecule has 116 valence electrons. The maximum Gasteiger partial charge on any atom is 0.147 e. The number of aryl methyl sites for hydroxylation is 1. The summed E-state index contributed by atoms with van der Waals surface area (Å²) in [5.74, 6) is 1.75. The lowest BCUT2D eigenvalue weighted by molar-refractivity contribution is 0.118. The van der Waals surface area contributed by atoms with Crippen molar-refractivity contribution in [3.63, 3.8) is 0 Å². The molecule has 0 aliphatic carbocycles. The number of methoxy groups -OCH3 is 1. The van der Waals surface area contributed by atoms with Crippen LogP contribution in [0.15, 0.2) is 31.0 Å². The summed E-state index contributed by atoms with van der Waals surface area (Å²) >= 11 is 0. The topological polar surface area (TPSA) is 76.1 Å². The van der Waals surface area contributed by atoms with Gasteiger partial charge in [-0.05, 0) is 19.4 Å². The molecule has 0 amide bonds. The fourth-order valence-electron chi connectivity index (χ4n) is 2.77. The van der Waals surface area contributed by atoms with Gasteiger partial charge in [-0.1, -0.05) is 0 Å². The lowest BCUT2D eigenvalue weighted by atomic mass is 10.2. The van der Waals surface area contributed by atoms with Gasteiger partial charge in [-0.3, -0.25) is 4.98 Å². The molecule has 0 saturated carbocycles. The molecule has 1 saturated heterocycles. The zero-order valence-electron chi connectivity index (χ0n) is 12.8. The van der Waals surface area contributed by atoms with Crippen LogP contribution in [0.4, 0.5) is 11.6 Å². The van der Waals surface area contributed by atoms with Gasteiger partial charge >= 0.3 is 0 Å². The monoisotopic (exact) mass is 300 g/mol. The zero-order valence-corrected chi connectivity index (χ0v) is 12.8. The van der Waals surface area contributed by atoms with E-state index in [1.807, 2.05) is 13.0 Å². The predicted molar refractivity (Wildman–Crippen MR) is 83.8 cm³/mol. The fourth-order valence-corrected chi connectivity index (χ4v) is 2.77. The van der Waals surface area contributed by atoms with Crippen LogP contribution >= 0.6 is 0 Å². The Balaban J connectivity index is 1.71. The smallest absolute Gasteiger partial charge is 0.147 e.